The van der Waals surface area contributed by atoms with Crippen LogP contribution in [0.4, 0.5) is 0 Å². The summed E-state index contributed by atoms with van der Waals surface area (Å²) in [5.41, 5.74) is 4.05. The van der Waals surface area contributed by atoms with Crippen LogP contribution < -0.4 is 15.9 Å². The molecule has 5 heteroatoms. The summed E-state index contributed by atoms with van der Waals surface area (Å²) in [6.07, 6.45) is 7.85. The van der Waals surface area contributed by atoms with Gasteiger partial charge in [0, 0.05) is 34.7 Å². The van der Waals surface area contributed by atoms with Gasteiger partial charge in [0.2, 0.25) is 0 Å². The SMILES string of the molecule is CC(C)(C)c1cc(C=N[C@H]2CCCC[C@@H]2N=Cc2cc(P(c3ccccc3)c3ccccc3)cc(C(C)(C)C)c2O)c(O)c(C(C)(C)C)c1. The summed E-state index contributed by atoms with van der Waals surface area (Å²) in [5, 5.41) is 26.8. The maximum atomic E-state index is 11.7. The first-order valence-electron chi connectivity index (χ1n) is 17.8. The summed E-state index contributed by atoms with van der Waals surface area (Å²) in [7, 11) is -0.849. The number of aliphatic imine (C=N–C) groups is 2. The van der Waals surface area contributed by atoms with E-state index in [1.807, 2.05) is 12.4 Å². The van der Waals surface area contributed by atoms with Gasteiger partial charge in [-0.05, 0) is 76.7 Å². The van der Waals surface area contributed by atoms with E-state index >= 15 is 0 Å². The highest BCUT2D eigenvalue weighted by Gasteiger charge is 2.28. The van der Waals surface area contributed by atoms with Gasteiger partial charge in [-0.2, -0.15) is 0 Å². The topological polar surface area (TPSA) is 65.2 Å². The first kappa shape index (κ1) is 36.5. The minimum Gasteiger partial charge on any atom is -0.507 e. The van der Waals surface area contributed by atoms with Gasteiger partial charge in [0.25, 0.3) is 0 Å². The van der Waals surface area contributed by atoms with E-state index in [2.05, 4.69) is 147 Å². The van der Waals surface area contributed by atoms with E-state index in [0.717, 1.165) is 47.9 Å². The van der Waals surface area contributed by atoms with Gasteiger partial charge in [-0.1, -0.05) is 142 Å². The van der Waals surface area contributed by atoms with Gasteiger partial charge in [0.1, 0.15) is 11.5 Å². The van der Waals surface area contributed by atoms with Crippen molar-refractivity contribution in [3.8, 4) is 11.5 Å². The second kappa shape index (κ2) is 14.6. The maximum Gasteiger partial charge on any atom is 0.128 e. The molecule has 0 aromatic heterocycles. The lowest BCUT2D eigenvalue weighted by molar-refractivity contribution is 0.390. The van der Waals surface area contributed by atoms with Crippen molar-refractivity contribution >= 4 is 36.3 Å². The van der Waals surface area contributed by atoms with Gasteiger partial charge >= 0.3 is 0 Å². The molecule has 5 rings (SSSR count). The quantitative estimate of drug-likeness (QED) is 0.152. The van der Waals surface area contributed by atoms with Crippen LogP contribution in [0.5, 0.6) is 11.5 Å². The first-order valence-corrected chi connectivity index (χ1v) is 19.1. The van der Waals surface area contributed by atoms with Gasteiger partial charge in [-0.3, -0.25) is 9.98 Å². The molecule has 0 aliphatic heterocycles. The number of benzene rings is 4. The fourth-order valence-electron chi connectivity index (χ4n) is 6.59. The Hall–Kier alpha value is -3.75. The molecule has 1 saturated carbocycles. The standard InChI is InChI=1S/C44H55N2O2P/c1-42(2,3)32-24-30(40(47)36(26-32)43(4,5)6)28-45-38-22-16-17-23-39(38)46-29-31-25-35(27-37(41(31)48)44(7,8)9)49(33-18-12-10-13-19-33)34-20-14-11-15-21-34/h10-15,18-21,24-29,38-39,47-48H,16-17,22-23H2,1-9H3/t38-,39-/m0/s1. The summed E-state index contributed by atoms with van der Waals surface area (Å²) in [4.78, 5) is 10.3. The van der Waals surface area contributed by atoms with E-state index in [1.165, 1.54) is 21.5 Å². The van der Waals surface area contributed by atoms with Crippen LogP contribution in [0.25, 0.3) is 0 Å². The van der Waals surface area contributed by atoms with Crippen molar-refractivity contribution in [2.75, 3.05) is 0 Å². The highest BCUT2D eigenvalue weighted by molar-refractivity contribution is 7.79. The monoisotopic (exact) mass is 674 g/mol. The van der Waals surface area contributed by atoms with Crippen LogP contribution in [0.3, 0.4) is 0 Å². The number of rotatable bonds is 7. The molecule has 0 spiro atoms. The van der Waals surface area contributed by atoms with Gasteiger partial charge < -0.3 is 10.2 Å². The fourth-order valence-corrected chi connectivity index (χ4v) is 8.95. The van der Waals surface area contributed by atoms with Crippen LogP contribution in [0.15, 0.2) is 94.9 Å². The molecule has 0 radical (unpaired) electrons. The summed E-state index contributed by atoms with van der Waals surface area (Å²) in [6.45, 7) is 19.5. The second-order valence-corrected chi connectivity index (χ2v) is 18.8. The molecule has 2 atom stereocenters. The molecule has 0 unspecified atom stereocenters. The van der Waals surface area contributed by atoms with E-state index in [-0.39, 0.29) is 28.3 Å². The van der Waals surface area contributed by atoms with Crippen molar-refractivity contribution in [3.63, 3.8) is 0 Å². The first-order chi connectivity index (χ1) is 23.0. The summed E-state index contributed by atoms with van der Waals surface area (Å²) in [6, 6.07) is 30.0. The third kappa shape index (κ3) is 8.71. The molecule has 0 bridgehead atoms. The van der Waals surface area contributed by atoms with Crippen molar-refractivity contribution in [1.82, 2.24) is 0 Å². The Bertz CT molecular complexity index is 1750. The molecular weight excluding hydrogens is 619 g/mol. The molecule has 0 heterocycles. The third-order valence-corrected chi connectivity index (χ3v) is 11.9. The number of phenolic OH excluding ortho intramolecular Hbond substituents is 2. The molecular formula is C44H55N2O2P. The molecule has 1 aliphatic rings. The molecule has 0 saturated heterocycles. The van der Waals surface area contributed by atoms with Crippen LogP contribution in [0.1, 0.15) is 116 Å². The van der Waals surface area contributed by atoms with Crippen molar-refractivity contribution < 1.29 is 10.2 Å². The Kier molecular flexibility index (Phi) is 10.9. The highest BCUT2D eigenvalue weighted by atomic mass is 31.1. The average Bonchev–Trinajstić information content (AvgIpc) is 3.04. The van der Waals surface area contributed by atoms with E-state index in [9.17, 15) is 10.2 Å². The smallest absolute Gasteiger partial charge is 0.128 e. The minimum absolute atomic E-state index is 0.000970. The zero-order valence-corrected chi connectivity index (χ0v) is 31.9. The molecule has 4 aromatic rings. The van der Waals surface area contributed by atoms with Crippen LogP contribution in [-0.2, 0) is 16.2 Å². The molecule has 4 aromatic carbocycles. The van der Waals surface area contributed by atoms with Gasteiger partial charge in [0.05, 0.1) is 12.1 Å². The number of aromatic hydroxyl groups is 2. The van der Waals surface area contributed by atoms with Gasteiger partial charge in [0.15, 0.2) is 0 Å². The molecule has 4 nitrogen and oxygen atoms in total. The zero-order valence-electron chi connectivity index (χ0n) is 31.0. The van der Waals surface area contributed by atoms with Crippen molar-refractivity contribution in [1.29, 1.82) is 0 Å². The highest BCUT2D eigenvalue weighted by Crippen LogP contribution is 2.40. The summed E-state index contributed by atoms with van der Waals surface area (Å²) >= 11 is 0. The average molecular weight is 675 g/mol. The van der Waals surface area contributed by atoms with Crippen LogP contribution in [-0.4, -0.2) is 34.7 Å². The predicted octanol–water partition coefficient (Wildman–Crippen LogP) is 9.60. The lowest BCUT2D eigenvalue weighted by Crippen LogP contribution is -2.27. The maximum absolute atomic E-state index is 11.7. The van der Waals surface area contributed by atoms with Gasteiger partial charge in [-0.15, -0.1) is 0 Å². The fraction of sp³-hybridized carbons (Fsp3) is 0.409. The van der Waals surface area contributed by atoms with E-state index < -0.39 is 7.92 Å². The molecule has 0 amide bonds. The molecule has 1 fully saturated rings. The number of phenols is 2. The van der Waals surface area contributed by atoms with E-state index in [1.54, 1.807) is 0 Å². The Morgan fingerprint density at radius 2 is 0.980 bits per heavy atom. The van der Waals surface area contributed by atoms with Crippen molar-refractivity contribution in [3.05, 3.63) is 113 Å². The molecule has 258 valence electrons. The summed E-state index contributed by atoms with van der Waals surface area (Å²) in [5.74, 6) is 0.607. The van der Waals surface area contributed by atoms with Gasteiger partial charge in [-0.25, -0.2) is 0 Å². The number of hydrogen-bond acceptors (Lipinski definition) is 4. The molecule has 2 N–H and O–H groups in total. The Morgan fingerprint density at radius 3 is 1.41 bits per heavy atom. The second-order valence-electron chi connectivity index (χ2n) is 16.6. The zero-order chi connectivity index (χ0) is 35.6. The largest absolute Gasteiger partial charge is 0.507 e. The number of hydrogen-bond donors (Lipinski definition) is 2. The normalized spacial score (nSPS) is 17.8. The van der Waals surface area contributed by atoms with Crippen LogP contribution in [0, 0.1) is 0 Å². The van der Waals surface area contributed by atoms with E-state index in [0.29, 0.717) is 11.5 Å². The van der Waals surface area contributed by atoms with Crippen LogP contribution >= 0.6 is 7.92 Å². The Labute approximate surface area is 296 Å². The van der Waals surface area contributed by atoms with Crippen molar-refractivity contribution in [2.24, 2.45) is 9.98 Å². The summed E-state index contributed by atoms with van der Waals surface area (Å²) < 4.78 is 0. The van der Waals surface area contributed by atoms with Crippen molar-refractivity contribution in [2.45, 2.75) is 116 Å². The van der Waals surface area contributed by atoms with E-state index in [4.69, 9.17) is 9.98 Å². The minimum atomic E-state index is -0.849. The third-order valence-electron chi connectivity index (χ3n) is 9.54. The molecule has 49 heavy (non-hydrogen) atoms. The Balaban J connectivity index is 1.54. The lowest BCUT2D eigenvalue weighted by Gasteiger charge is -2.28. The lowest BCUT2D eigenvalue weighted by atomic mass is 9.79. The van der Waals surface area contributed by atoms with Crippen LogP contribution in [0.2, 0.25) is 0 Å². The molecule has 1 aliphatic carbocycles. The predicted molar refractivity (Wildman–Crippen MR) is 212 cm³/mol. The Morgan fingerprint density at radius 1 is 0.551 bits per heavy atom. The number of nitrogens with zero attached hydrogens (tertiary/aromatic N) is 2.